The Hall–Kier alpha value is -3.86. The summed E-state index contributed by atoms with van der Waals surface area (Å²) in [5.41, 5.74) is -3.19. The minimum Gasteiger partial charge on any atom is -0.494 e. The van der Waals surface area contributed by atoms with E-state index in [9.17, 15) is 24.3 Å². The van der Waals surface area contributed by atoms with Crippen LogP contribution in [0.5, 0.6) is 17.5 Å². The first-order chi connectivity index (χ1) is 12.0. The Balaban J connectivity index is 0.00000196. The van der Waals surface area contributed by atoms with Gasteiger partial charge in [0, 0.05) is 5.56 Å². The SMILES string of the molecule is N.O=c1[nH]c(O)c(C2c3ccccc3Oc3[nH]c(=O)[nH]c(=O)c32)c(=O)[nH]1. The molecule has 0 saturated carbocycles. The van der Waals surface area contributed by atoms with Gasteiger partial charge in [-0.25, -0.2) is 9.59 Å². The van der Waals surface area contributed by atoms with Crippen LogP contribution in [0.4, 0.5) is 0 Å². The summed E-state index contributed by atoms with van der Waals surface area (Å²) < 4.78 is 5.55. The van der Waals surface area contributed by atoms with Gasteiger partial charge < -0.3 is 16.0 Å². The second-order valence-corrected chi connectivity index (χ2v) is 5.39. The zero-order valence-corrected chi connectivity index (χ0v) is 13.1. The third kappa shape index (κ3) is 2.43. The summed E-state index contributed by atoms with van der Waals surface area (Å²) in [6, 6.07) is 6.53. The van der Waals surface area contributed by atoms with Gasteiger partial charge in [0.25, 0.3) is 11.1 Å². The van der Waals surface area contributed by atoms with Crippen LogP contribution >= 0.6 is 0 Å². The molecule has 8 N–H and O–H groups in total. The zero-order chi connectivity index (χ0) is 17.7. The van der Waals surface area contributed by atoms with Gasteiger partial charge >= 0.3 is 11.4 Å². The van der Waals surface area contributed by atoms with Crippen LogP contribution in [0.2, 0.25) is 0 Å². The maximum absolute atomic E-state index is 12.3. The van der Waals surface area contributed by atoms with Crippen molar-refractivity contribution in [1.29, 1.82) is 0 Å². The number of H-pyrrole nitrogens is 4. The summed E-state index contributed by atoms with van der Waals surface area (Å²) in [4.78, 5) is 56.1. The van der Waals surface area contributed by atoms with E-state index < -0.39 is 34.3 Å². The van der Waals surface area contributed by atoms with Gasteiger partial charge in [0.15, 0.2) is 0 Å². The van der Waals surface area contributed by atoms with Crippen molar-refractivity contribution >= 4 is 0 Å². The number of benzene rings is 1. The van der Waals surface area contributed by atoms with Crippen molar-refractivity contribution in [3.63, 3.8) is 0 Å². The molecule has 11 heteroatoms. The van der Waals surface area contributed by atoms with Gasteiger partial charge in [-0.2, -0.15) is 0 Å². The lowest BCUT2D eigenvalue weighted by molar-refractivity contribution is 0.416. The van der Waals surface area contributed by atoms with Crippen molar-refractivity contribution in [3.8, 4) is 17.5 Å². The molecule has 1 unspecified atom stereocenters. The maximum Gasteiger partial charge on any atom is 0.328 e. The Bertz CT molecular complexity index is 1210. The molecular weight excluding hydrogens is 346 g/mol. The van der Waals surface area contributed by atoms with Crippen LogP contribution in [-0.2, 0) is 0 Å². The predicted molar refractivity (Wildman–Crippen MR) is 89.5 cm³/mol. The molecule has 3 heterocycles. The molecular formula is C15H13N5O6. The molecule has 0 spiro atoms. The molecule has 1 aliphatic rings. The fourth-order valence-corrected chi connectivity index (χ4v) is 2.95. The first-order valence-corrected chi connectivity index (χ1v) is 7.14. The molecule has 0 saturated heterocycles. The summed E-state index contributed by atoms with van der Waals surface area (Å²) in [6.07, 6.45) is 0. The van der Waals surface area contributed by atoms with Crippen molar-refractivity contribution in [3.05, 3.63) is 82.6 Å². The fourth-order valence-electron chi connectivity index (χ4n) is 2.95. The van der Waals surface area contributed by atoms with E-state index in [4.69, 9.17) is 4.74 Å². The first-order valence-electron chi connectivity index (χ1n) is 7.14. The number of aromatic hydroxyl groups is 1. The van der Waals surface area contributed by atoms with E-state index in [-0.39, 0.29) is 23.2 Å². The molecule has 1 aliphatic heterocycles. The number of rotatable bonds is 1. The van der Waals surface area contributed by atoms with Crippen LogP contribution in [0.1, 0.15) is 22.6 Å². The highest BCUT2D eigenvalue weighted by Crippen LogP contribution is 2.44. The van der Waals surface area contributed by atoms with E-state index in [2.05, 4.69) is 15.0 Å². The van der Waals surface area contributed by atoms with Gasteiger partial charge in [-0.3, -0.25) is 29.5 Å². The van der Waals surface area contributed by atoms with Crippen LogP contribution in [0.25, 0.3) is 0 Å². The summed E-state index contributed by atoms with van der Waals surface area (Å²) in [5, 5.41) is 10.1. The quantitative estimate of drug-likeness (QED) is 0.265. The maximum atomic E-state index is 12.3. The number of hydrogen-bond acceptors (Lipinski definition) is 7. The Morgan fingerprint density at radius 2 is 1.46 bits per heavy atom. The Morgan fingerprint density at radius 3 is 2.15 bits per heavy atom. The molecule has 1 aromatic carbocycles. The highest BCUT2D eigenvalue weighted by molar-refractivity contribution is 5.56. The lowest BCUT2D eigenvalue weighted by atomic mass is 9.85. The highest BCUT2D eigenvalue weighted by Gasteiger charge is 2.35. The molecule has 0 radical (unpaired) electrons. The van der Waals surface area contributed by atoms with Gasteiger partial charge in [-0.15, -0.1) is 0 Å². The number of aromatic nitrogens is 4. The minimum absolute atomic E-state index is 0. The summed E-state index contributed by atoms with van der Waals surface area (Å²) in [6.45, 7) is 0. The number of ether oxygens (including phenoxy) is 1. The van der Waals surface area contributed by atoms with Crippen LogP contribution in [0.15, 0.2) is 43.4 Å². The molecule has 3 aromatic rings. The van der Waals surface area contributed by atoms with Gasteiger partial charge in [0.1, 0.15) is 5.75 Å². The lowest BCUT2D eigenvalue weighted by Gasteiger charge is -2.26. The van der Waals surface area contributed by atoms with E-state index in [0.717, 1.165) is 0 Å². The van der Waals surface area contributed by atoms with Gasteiger partial charge in [-0.1, -0.05) is 18.2 Å². The highest BCUT2D eigenvalue weighted by atomic mass is 16.5. The smallest absolute Gasteiger partial charge is 0.328 e. The fraction of sp³-hybridized carbons (Fsp3) is 0.0667. The average Bonchev–Trinajstić information content (AvgIpc) is 2.52. The third-order valence-corrected chi connectivity index (χ3v) is 3.92. The Labute approximate surface area is 142 Å². The van der Waals surface area contributed by atoms with Crippen molar-refractivity contribution in [1.82, 2.24) is 26.1 Å². The molecule has 1 atom stereocenters. The largest absolute Gasteiger partial charge is 0.494 e. The zero-order valence-electron chi connectivity index (χ0n) is 13.1. The van der Waals surface area contributed by atoms with Crippen LogP contribution in [-0.4, -0.2) is 25.0 Å². The van der Waals surface area contributed by atoms with Gasteiger partial charge in [-0.05, 0) is 6.07 Å². The second kappa shape index (κ2) is 5.89. The topological polar surface area (TPSA) is 196 Å². The second-order valence-electron chi connectivity index (χ2n) is 5.39. The predicted octanol–water partition coefficient (Wildman–Crippen LogP) is -0.407. The molecule has 134 valence electrons. The third-order valence-electron chi connectivity index (χ3n) is 3.92. The van der Waals surface area contributed by atoms with Crippen LogP contribution in [0.3, 0.4) is 0 Å². The Morgan fingerprint density at radius 1 is 0.846 bits per heavy atom. The number of aromatic amines is 4. The van der Waals surface area contributed by atoms with Gasteiger partial charge in [0.05, 0.1) is 17.0 Å². The normalized spacial score (nSPS) is 14.5. The summed E-state index contributed by atoms with van der Waals surface area (Å²) in [7, 11) is 0. The molecule has 2 aromatic heterocycles. The first kappa shape index (κ1) is 17.0. The van der Waals surface area contributed by atoms with Crippen LogP contribution < -0.4 is 33.4 Å². The van der Waals surface area contributed by atoms with Crippen molar-refractivity contribution in [2.24, 2.45) is 0 Å². The molecule has 0 amide bonds. The number of para-hydroxylation sites is 1. The standard InChI is InChI=1S/C15H10N4O6.H3N/c20-10-8(11(21)17-14(23)16-10)7-5-3-1-2-4-6(5)25-13-9(7)12(22)18-15(24)19-13;/h1-4,7H,(H2,18,19,22,24)(H3,16,17,20,21,23);1H3. The molecule has 0 bridgehead atoms. The lowest BCUT2D eigenvalue weighted by Crippen LogP contribution is -2.34. The van der Waals surface area contributed by atoms with E-state index in [1.165, 1.54) is 0 Å². The molecule has 26 heavy (non-hydrogen) atoms. The van der Waals surface area contributed by atoms with E-state index in [1.807, 2.05) is 4.98 Å². The Kier molecular flexibility index (Phi) is 3.85. The van der Waals surface area contributed by atoms with Crippen molar-refractivity contribution < 1.29 is 9.84 Å². The monoisotopic (exact) mass is 359 g/mol. The van der Waals surface area contributed by atoms with Gasteiger partial charge in [0.2, 0.25) is 11.8 Å². The molecule has 4 rings (SSSR count). The summed E-state index contributed by atoms with van der Waals surface area (Å²) in [5.74, 6) is -1.57. The van der Waals surface area contributed by atoms with E-state index >= 15 is 0 Å². The number of fused-ring (bicyclic) bond motifs is 2. The summed E-state index contributed by atoms with van der Waals surface area (Å²) >= 11 is 0. The number of hydrogen-bond donors (Lipinski definition) is 6. The van der Waals surface area contributed by atoms with E-state index in [0.29, 0.717) is 11.3 Å². The van der Waals surface area contributed by atoms with Crippen molar-refractivity contribution in [2.45, 2.75) is 5.92 Å². The average molecular weight is 359 g/mol. The van der Waals surface area contributed by atoms with Crippen LogP contribution in [0, 0.1) is 0 Å². The number of nitrogens with one attached hydrogen (secondary N) is 4. The molecule has 0 fully saturated rings. The molecule has 0 aliphatic carbocycles. The molecule has 11 nitrogen and oxygen atoms in total. The van der Waals surface area contributed by atoms with E-state index in [1.54, 1.807) is 24.3 Å². The van der Waals surface area contributed by atoms with Crippen molar-refractivity contribution in [2.75, 3.05) is 0 Å². The minimum atomic E-state index is -1.05.